The van der Waals surface area contributed by atoms with Gasteiger partial charge in [-0.1, -0.05) is 30.3 Å². The van der Waals surface area contributed by atoms with Gasteiger partial charge in [-0.15, -0.1) is 0 Å². The molecule has 2 bridgehead atoms. The summed E-state index contributed by atoms with van der Waals surface area (Å²) in [4.78, 5) is 29.1. The maximum Gasteiger partial charge on any atom is 0.336 e. The number of piperidine rings is 1. The summed E-state index contributed by atoms with van der Waals surface area (Å²) in [7, 11) is 0. The SMILES string of the molecule is O=C(O)c1ccccc1CN1CCCC(=O)N2CCCCC2CCc2cccc(c2)OCC1. The van der Waals surface area contributed by atoms with Gasteiger partial charge in [-0.2, -0.15) is 0 Å². The molecule has 6 heteroatoms. The third-order valence-electron chi connectivity index (χ3n) is 6.80. The van der Waals surface area contributed by atoms with Crippen molar-refractivity contribution in [1.82, 2.24) is 9.80 Å². The highest BCUT2D eigenvalue weighted by atomic mass is 16.5. The van der Waals surface area contributed by atoms with Gasteiger partial charge < -0.3 is 14.7 Å². The minimum atomic E-state index is -0.914. The smallest absolute Gasteiger partial charge is 0.336 e. The van der Waals surface area contributed by atoms with Gasteiger partial charge in [0.1, 0.15) is 12.4 Å². The third-order valence-corrected chi connectivity index (χ3v) is 6.80. The highest BCUT2D eigenvalue weighted by Crippen LogP contribution is 2.24. The molecule has 1 atom stereocenters. The number of aromatic carboxylic acids is 1. The molecule has 1 amide bonds. The van der Waals surface area contributed by atoms with Crippen LogP contribution in [0, 0.1) is 0 Å². The number of ether oxygens (including phenoxy) is 1. The molecule has 2 aromatic carbocycles. The maximum absolute atomic E-state index is 13.1. The van der Waals surface area contributed by atoms with E-state index in [0.29, 0.717) is 37.7 Å². The summed E-state index contributed by atoms with van der Waals surface area (Å²) in [6.45, 7) is 3.29. The Morgan fingerprint density at radius 1 is 0.970 bits per heavy atom. The summed E-state index contributed by atoms with van der Waals surface area (Å²) in [6.07, 6.45) is 6.59. The highest BCUT2D eigenvalue weighted by molar-refractivity contribution is 5.89. The quantitative estimate of drug-likeness (QED) is 0.752. The van der Waals surface area contributed by atoms with Gasteiger partial charge in [-0.3, -0.25) is 9.69 Å². The van der Waals surface area contributed by atoms with Crippen molar-refractivity contribution >= 4 is 11.9 Å². The number of carbonyl (C=O) groups is 2. The van der Waals surface area contributed by atoms with Gasteiger partial charge in [-0.25, -0.2) is 4.79 Å². The van der Waals surface area contributed by atoms with E-state index in [-0.39, 0.29) is 5.91 Å². The van der Waals surface area contributed by atoms with Crippen LogP contribution >= 0.6 is 0 Å². The van der Waals surface area contributed by atoms with E-state index >= 15 is 0 Å². The molecule has 2 heterocycles. The van der Waals surface area contributed by atoms with E-state index in [2.05, 4.69) is 21.9 Å². The van der Waals surface area contributed by atoms with Crippen LogP contribution < -0.4 is 4.74 Å². The fraction of sp³-hybridized carbons (Fsp3) is 0.481. The van der Waals surface area contributed by atoms with Gasteiger partial charge >= 0.3 is 5.97 Å². The number of carbonyl (C=O) groups excluding carboxylic acids is 1. The molecule has 2 aromatic rings. The number of hydrogen-bond donors (Lipinski definition) is 1. The normalized spacial score (nSPS) is 20.8. The Bertz CT molecular complexity index is 961. The third kappa shape index (κ3) is 6.35. The van der Waals surface area contributed by atoms with Crippen LogP contribution in [0.25, 0.3) is 0 Å². The van der Waals surface area contributed by atoms with Crippen molar-refractivity contribution in [2.75, 3.05) is 26.2 Å². The highest BCUT2D eigenvalue weighted by Gasteiger charge is 2.26. The second kappa shape index (κ2) is 11.3. The van der Waals surface area contributed by atoms with E-state index in [4.69, 9.17) is 4.74 Å². The van der Waals surface area contributed by atoms with Crippen LogP contribution in [0.15, 0.2) is 48.5 Å². The fourth-order valence-electron chi connectivity index (χ4n) is 5.02. The topological polar surface area (TPSA) is 70.1 Å². The molecule has 0 saturated carbocycles. The molecule has 1 fully saturated rings. The fourth-order valence-corrected chi connectivity index (χ4v) is 5.02. The first kappa shape index (κ1) is 23.3. The average molecular weight is 451 g/mol. The van der Waals surface area contributed by atoms with Crippen molar-refractivity contribution in [1.29, 1.82) is 0 Å². The van der Waals surface area contributed by atoms with Gasteiger partial charge in [0.25, 0.3) is 0 Å². The largest absolute Gasteiger partial charge is 0.492 e. The Hall–Kier alpha value is -2.86. The van der Waals surface area contributed by atoms with Crippen LogP contribution in [0.5, 0.6) is 5.75 Å². The standard InChI is InChI=1S/C27H34N2O4/c30-26-12-6-15-28(20-22-8-1-2-11-25(22)27(31)32)17-18-33-24-10-5-7-21(19-24)13-14-23-9-3-4-16-29(23)26/h1-2,5,7-8,10-11,19,23H,3-4,6,9,12-18,20H2,(H,31,32). The lowest BCUT2D eigenvalue weighted by Gasteiger charge is -2.36. The van der Waals surface area contributed by atoms with Gasteiger partial charge in [0.2, 0.25) is 5.91 Å². The van der Waals surface area contributed by atoms with Crippen LogP contribution in [0.1, 0.15) is 60.0 Å². The summed E-state index contributed by atoms with van der Waals surface area (Å²) < 4.78 is 6.06. The molecule has 0 spiro atoms. The molecule has 1 N–H and O–H groups in total. The summed E-state index contributed by atoms with van der Waals surface area (Å²) in [5.74, 6) is 0.207. The number of benzene rings is 2. The van der Waals surface area contributed by atoms with Crippen molar-refractivity contribution in [3.05, 3.63) is 65.2 Å². The Kier molecular flexibility index (Phi) is 8.00. The Morgan fingerprint density at radius 2 is 1.85 bits per heavy atom. The Morgan fingerprint density at radius 3 is 2.73 bits per heavy atom. The van der Waals surface area contributed by atoms with E-state index < -0.39 is 5.97 Å². The van der Waals surface area contributed by atoms with E-state index in [9.17, 15) is 14.7 Å². The lowest BCUT2D eigenvalue weighted by Crippen LogP contribution is -2.44. The van der Waals surface area contributed by atoms with Crippen LogP contribution in [0.3, 0.4) is 0 Å². The molecule has 6 nitrogen and oxygen atoms in total. The van der Waals surface area contributed by atoms with Crippen molar-refractivity contribution in [2.45, 2.75) is 57.5 Å². The molecule has 2 aliphatic heterocycles. The van der Waals surface area contributed by atoms with E-state index in [0.717, 1.165) is 56.5 Å². The first-order chi connectivity index (χ1) is 16.1. The van der Waals surface area contributed by atoms with Crippen LogP contribution in [0.2, 0.25) is 0 Å². The zero-order valence-electron chi connectivity index (χ0n) is 19.2. The van der Waals surface area contributed by atoms with Crippen molar-refractivity contribution in [3.8, 4) is 5.75 Å². The zero-order valence-corrected chi connectivity index (χ0v) is 19.2. The van der Waals surface area contributed by atoms with Crippen LogP contribution in [-0.4, -0.2) is 59.1 Å². The number of rotatable bonds is 3. The van der Waals surface area contributed by atoms with Crippen LogP contribution in [0.4, 0.5) is 0 Å². The van der Waals surface area contributed by atoms with Crippen LogP contribution in [-0.2, 0) is 17.8 Å². The number of aryl methyl sites for hydroxylation is 1. The maximum atomic E-state index is 13.1. The van der Waals surface area contributed by atoms with Gasteiger partial charge in [0.15, 0.2) is 0 Å². The van der Waals surface area contributed by atoms with Gasteiger partial charge in [0.05, 0.1) is 5.56 Å². The number of amides is 1. The lowest BCUT2D eigenvalue weighted by atomic mass is 9.95. The Balaban J connectivity index is 1.51. The lowest BCUT2D eigenvalue weighted by molar-refractivity contribution is -0.135. The molecule has 0 aliphatic carbocycles. The van der Waals surface area contributed by atoms with Gasteiger partial charge in [0, 0.05) is 32.1 Å². The first-order valence-electron chi connectivity index (χ1n) is 12.1. The summed E-state index contributed by atoms with van der Waals surface area (Å²) in [5, 5.41) is 9.56. The van der Waals surface area contributed by atoms with Crippen molar-refractivity contribution < 1.29 is 19.4 Å². The Labute approximate surface area is 196 Å². The molecule has 0 radical (unpaired) electrons. The van der Waals surface area contributed by atoms with Crippen molar-refractivity contribution in [2.24, 2.45) is 0 Å². The van der Waals surface area contributed by atoms with Gasteiger partial charge in [-0.05, 0) is 74.4 Å². The second-order valence-corrected chi connectivity index (χ2v) is 9.11. The monoisotopic (exact) mass is 450 g/mol. The molecular weight excluding hydrogens is 416 g/mol. The van der Waals surface area contributed by atoms with E-state index in [1.54, 1.807) is 12.1 Å². The number of carboxylic acids is 1. The summed E-state index contributed by atoms with van der Waals surface area (Å²) in [6, 6.07) is 15.7. The first-order valence-corrected chi connectivity index (χ1v) is 12.1. The molecule has 0 aromatic heterocycles. The zero-order chi connectivity index (χ0) is 23.0. The van der Waals surface area contributed by atoms with Crippen molar-refractivity contribution in [3.63, 3.8) is 0 Å². The average Bonchev–Trinajstić information content (AvgIpc) is 2.83. The van der Waals surface area contributed by atoms with E-state index in [1.807, 2.05) is 24.3 Å². The molecule has 33 heavy (non-hydrogen) atoms. The molecular formula is C27H34N2O4. The number of carboxylic acid groups (broad SMARTS) is 1. The van der Waals surface area contributed by atoms with E-state index in [1.165, 1.54) is 12.0 Å². The number of hydrogen-bond acceptors (Lipinski definition) is 4. The molecule has 1 saturated heterocycles. The predicted octanol–water partition coefficient (Wildman–Crippen LogP) is 4.37. The predicted molar refractivity (Wildman–Crippen MR) is 128 cm³/mol. The number of fused-ring (bicyclic) bond motifs is 3. The molecule has 1 unspecified atom stereocenters. The summed E-state index contributed by atoms with van der Waals surface area (Å²) >= 11 is 0. The molecule has 2 aliphatic rings. The second-order valence-electron chi connectivity index (χ2n) is 9.11. The minimum Gasteiger partial charge on any atom is -0.492 e. The summed E-state index contributed by atoms with van der Waals surface area (Å²) in [5.41, 5.74) is 2.36. The molecule has 4 rings (SSSR count). The molecule has 176 valence electrons. The number of nitrogens with zero attached hydrogens (tertiary/aromatic N) is 2. The minimum absolute atomic E-state index is 0.255.